The van der Waals surface area contributed by atoms with E-state index in [1.54, 1.807) is 0 Å². The van der Waals surface area contributed by atoms with E-state index in [2.05, 4.69) is 32.6 Å². The molecule has 1 N–H and O–H groups in total. The van der Waals surface area contributed by atoms with Gasteiger partial charge in [0, 0.05) is 19.1 Å². The van der Waals surface area contributed by atoms with Crippen molar-refractivity contribution in [2.24, 2.45) is 23.7 Å². The first-order valence-electron chi connectivity index (χ1n) is 8.93. The van der Waals surface area contributed by atoms with Crippen molar-refractivity contribution in [3.63, 3.8) is 0 Å². The van der Waals surface area contributed by atoms with Crippen LogP contribution in [-0.2, 0) is 0 Å². The molecule has 6 unspecified atom stereocenters. The first kappa shape index (κ1) is 16.3. The maximum Gasteiger partial charge on any atom is 0.0580 e. The molecule has 0 radical (unpaired) electrons. The summed E-state index contributed by atoms with van der Waals surface area (Å²) in [5.41, 5.74) is 0. The smallest absolute Gasteiger partial charge is 0.0580 e. The fraction of sp³-hybridized carbons (Fsp3) is 1.00. The summed E-state index contributed by atoms with van der Waals surface area (Å²) in [6, 6.07) is 0.685. The molecule has 0 aromatic carbocycles. The molecule has 0 aromatic heterocycles. The maximum atomic E-state index is 10.4. The van der Waals surface area contributed by atoms with Crippen molar-refractivity contribution in [2.45, 2.75) is 78.4 Å². The van der Waals surface area contributed by atoms with Crippen LogP contribution in [0.25, 0.3) is 0 Å². The lowest BCUT2D eigenvalue weighted by Crippen LogP contribution is -2.49. The van der Waals surface area contributed by atoms with Crippen molar-refractivity contribution in [3.8, 4) is 0 Å². The molecule has 1 aliphatic heterocycles. The average molecular weight is 281 g/mol. The normalized spacial score (nSPS) is 43.6. The number of aliphatic hydroxyl groups excluding tert-OH is 1. The van der Waals surface area contributed by atoms with E-state index in [0.717, 1.165) is 30.7 Å². The molecule has 1 saturated carbocycles. The summed E-state index contributed by atoms with van der Waals surface area (Å²) in [6.07, 6.45) is 7.48. The molecule has 118 valence electrons. The minimum absolute atomic E-state index is 0.0529. The highest BCUT2D eigenvalue weighted by Gasteiger charge is 2.34. The Morgan fingerprint density at radius 2 is 1.85 bits per heavy atom. The summed E-state index contributed by atoms with van der Waals surface area (Å²) in [4.78, 5) is 2.67. The summed E-state index contributed by atoms with van der Waals surface area (Å²) in [7, 11) is 0. The fourth-order valence-electron chi connectivity index (χ4n) is 4.59. The molecule has 2 fully saturated rings. The van der Waals surface area contributed by atoms with Gasteiger partial charge in [-0.25, -0.2) is 0 Å². The Hall–Kier alpha value is -0.0800. The number of piperidine rings is 1. The number of hydrogen-bond donors (Lipinski definition) is 1. The minimum atomic E-state index is -0.0529. The van der Waals surface area contributed by atoms with Crippen LogP contribution >= 0.6 is 0 Å². The van der Waals surface area contributed by atoms with Gasteiger partial charge in [-0.15, -0.1) is 0 Å². The second-order valence-electron chi connectivity index (χ2n) is 7.81. The van der Waals surface area contributed by atoms with Crippen molar-refractivity contribution in [2.75, 3.05) is 13.1 Å². The summed E-state index contributed by atoms with van der Waals surface area (Å²) in [5.74, 6) is 2.99. The number of hydrogen-bond acceptors (Lipinski definition) is 2. The monoisotopic (exact) mass is 281 g/mol. The Bertz CT molecular complexity index is 293. The zero-order valence-electron chi connectivity index (χ0n) is 14.0. The number of likely N-dealkylation sites (tertiary alicyclic amines) is 1. The van der Waals surface area contributed by atoms with Crippen LogP contribution in [0.5, 0.6) is 0 Å². The topological polar surface area (TPSA) is 23.5 Å². The van der Waals surface area contributed by atoms with E-state index < -0.39 is 0 Å². The third-order valence-corrected chi connectivity index (χ3v) is 5.94. The quantitative estimate of drug-likeness (QED) is 0.844. The first-order valence-corrected chi connectivity index (χ1v) is 8.93. The lowest BCUT2D eigenvalue weighted by molar-refractivity contribution is -0.00424. The molecule has 2 rings (SSSR count). The Balaban J connectivity index is 1.92. The molecule has 20 heavy (non-hydrogen) atoms. The molecule has 6 atom stereocenters. The average Bonchev–Trinajstić information content (AvgIpc) is 2.39. The summed E-state index contributed by atoms with van der Waals surface area (Å²) in [5, 5.41) is 10.4. The standard InChI is InChI=1S/C18H35NO/c1-5-6-16-7-8-18(20)17(10-16)12-19-11-13(2)9-14(3)15(19)4/h13-18,20H,5-12H2,1-4H3. The van der Waals surface area contributed by atoms with Gasteiger partial charge in [-0.3, -0.25) is 4.90 Å². The Morgan fingerprint density at radius 1 is 1.10 bits per heavy atom. The molecular weight excluding hydrogens is 246 g/mol. The van der Waals surface area contributed by atoms with Crippen molar-refractivity contribution in [3.05, 3.63) is 0 Å². The number of nitrogens with zero attached hydrogens (tertiary/aromatic N) is 1. The van der Waals surface area contributed by atoms with Gasteiger partial charge in [-0.1, -0.05) is 33.6 Å². The SMILES string of the molecule is CCCC1CCC(O)C(CN2CC(C)CC(C)C2C)C1. The van der Waals surface area contributed by atoms with E-state index in [4.69, 9.17) is 0 Å². The third-order valence-electron chi connectivity index (χ3n) is 5.94. The maximum absolute atomic E-state index is 10.4. The Morgan fingerprint density at radius 3 is 2.55 bits per heavy atom. The molecule has 0 aromatic rings. The first-order chi connectivity index (χ1) is 9.51. The molecule has 1 aliphatic carbocycles. The molecule has 1 heterocycles. The van der Waals surface area contributed by atoms with Gasteiger partial charge in [-0.05, 0) is 56.3 Å². The van der Waals surface area contributed by atoms with Crippen LogP contribution in [0.3, 0.4) is 0 Å². The van der Waals surface area contributed by atoms with Gasteiger partial charge in [0.05, 0.1) is 6.10 Å². The zero-order valence-corrected chi connectivity index (χ0v) is 14.0. The molecule has 0 bridgehead atoms. The summed E-state index contributed by atoms with van der Waals surface area (Å²) >= 11 is 0. The van der Waals surface area contributed by atoms with E-state index >= 15 is 0 Å². The van der Waals surface area contributed by atoms with E-state index in [-0.39, 0.29) is 6.10 Å². The molecule has 0 amide bonds. The highest BCUT2D eigenvalue weighted by Crippen LogP contribution is 2.35. The highest BCUT2D eigenvalue weighted by atomic mass is 16.3. The van der Waals surface area contributed by atoms with Crippen molar-refractivity contribution in [1.82, 2.24) is 4.90 Å². The Kier molecular flexibility index (Phi) is 5.92. The van der Waals surface area contributed by atoms with Crippen LogP contribution in [0.2, 0.25) is 0 Å². The van der Waals surface area contributed by atoms with Crippen LogP contribution in [0.15, 0.2) is 0 Å². The lowest BCUT2D eigenvalue weighted by Gasteiger charge is -2.44. The van der Waals surface area contributed by atoms with Crippen LogP contribution in [0.4, 0.5) is 0 Å². The van der Waals surface area contributed by atoms with Crippen molar-refractivity contribution >= 4 is 0 Å². The largest absolute Gasteiger partial charge is 0.393 e. The van der Waals surface area contributed by atoms with Gasteiger partial charge in [0.1, 0.15) is 0 Å². The van der Waals surface area contributed by atoms with Crippen LogP contribution < -0.4 is 0 Å². The number of rotatable bonds is 4. The summed E-state index contributed by atoms with van der Waals surface area (Å²) in [6.45, 7) is 11.8. The van der Waals surface area contributed by atoms with Crippen molar-refractivity contribution in [1.29, 1.82) is 0 Å². The lowest BCUT2D eigenvalue weighted by atomic mass is 9.76. The van der Waals surface area contributed by atoms with Gasteiger partial charge >= 0.3 is 0 Å². The third kappa shape index (κ3) is 3.98. The Labute approximate surface area is 125 Å². The molecule has 2 aliphatic rings. The van der Waals surface area contributed by atoms with E-state index in [1.165, 1.54) is 38.6 Å². The predicted molar refractivity (Wildman–Crippen MR) is 85.7 cm³/mol. The molecule has 2 heteroatoms. The molecular formula is C18H35NO. The van der Waals surface area contributed by atoms with Gasteiger partial charge in [0.2, 0.25) is 0 Å². The fourth-order valence-corrected chi connectivity index (χ4v) is 4.59. The van der Waals surface area contributed by atoms with Gasteiger partial charge in [-0.2, -0.15) is 0 Å². The molecule has 0 spiro atoms. The number of aliphatic hydroxyl groups is 1. The van der Waals surface area contributed by atoms with E-state index in [0.29, 0.717) is 12.0 Å². The van der Waals surface area contributed by atoms with E-state index in [9.17, 15) is 5.11 Å². The second kappa shape index (κ2) is 7.26. The predicted octanol–water partition coefficient (Wildman–Crippen LogP) is 3.93. The van der Waals surface area contributed by atoms with Gasteiger partial charge < -0.3 is 5.11 Å². The highest BCUT2D eigenvalue weighted by molar-refractivity contribution is 4.87. The van der Waals surface area contributed by atoms with Crippen LogP contribution in [-0.4, -0.2) is 35.2 Å². The van der Waals surface area contributed by atoms with Gasteiger partial charge in [0.15, 0.2) is 0 Å². The minimum Gasteiger partial charge on any atom is -0.393 e. The van der Waals surface area contributed by atoms with Gasteiger partial charge in [0.25, 0.3) is 0 Å². The van der Waals surface area contributed by atoms with Crippen molar-refractivity contribution < 1.29 is 5.11 Å². The summed E-state index contributed by atoms with van der Waals surface area (Å²) < 4.78 is 0. The zero-order chi connectivity index (χ0) is 14.7. The van der Waals surface area contributed by atoms with Crippen LogP contribution in [0, 0.1) is 23.7 Å². The molecule has 1 saturated heterocycles. The second-order valence-corrected chi connectivity index (χ2v) is 7.81. The molecule has 2 nitrogen and oxygen atoms in total. The van der Waals surface area contributed by atoms with E-state index in [1.807, 2.05) is 0 Å². The van der Waals surface area contributed by atoms with Crippen LogP contribution in [0.1, 0.15) is 66.2 Å².